The SMILES string of the molecule is O=C(Cl)c1c(I)cc(I)c(C(=O)NC(CO)CO)c1I. The third-order valence-corrected chi connectivity index (χ3v) is 5.34. The number of hydrogen-bond donors (Lipinski definition) is 3. The van der Waals surface area contributed by atoms with Crippen LogP contribution in [0.5, 0.6) is 0 Å². The molecule has 0 aliphatic rings. The number of hydrogen-bond acceptors (Lipinski definition) is 4. The van der Waals surface area contributed by atoms with Crippen molar-refractivity contribution in [3.63, 3.8) is 0 Å². The van der Waals surface area contributed by atoms with Crippen LogP contribution in [0.3, 0.4) is 0 Å². The van der Waals surface area contributed by atoms with Crippen molar-refractivity contribution in [3.05, 3.63) is 27.9 Å². The standard InChI is InChI=1S/C11H9ClI3NO4/c12-10(19)7-5(13)1-6(14)8(9(7)15)11(20)16-4(2-17)3-18/h1,4,17-18H,2-3H2,(H,16,20). The Hall–Kier alpha value is 0.760. The van der Waals surface area contributed by atoms with E-state index in [0.717, 1.165) is 0 Å². The minimum absolute atomic E-state index is 0.281. The number of nitrogens with one attached hydrogen (secondary N) is 1. The number of rotatable bonds is 5. The third kappa shape index (κ3) is 4.38. The van der Waals surface area contributed by atoms with Crippen LogP contribution in [0.15, 0.2) is 6.07 Å². The Morgan fingerprint density at radius 2 is 1.65 bits per heavy atom. The van der Waals surface area contributed by atoms with Crippen LogP contribution in [-0.2, 0) is 0 Å². The van der Waals surface area contributed by atoms with Crippen LogP contribution in [0.1, 0.15) is 20.7 Å². The maximum Gasteiger partial charge on any atom is 0.254 e. The van der Waals surface area contributed by atoms with Crippen molar-refractivity contribution < 1.29 is 19.8 Å². The molecule has 0 saturated carbocycles. The zero-order chi connectivity index (χ0) is 15.4. The summed E-state index contributed by atoms with van der Waals surface area (Å²) in [6.45, 7) is -0.748. The van der Waals surface area contributed by atoms with Gasteiger partial charge in [0.05, 0.1) is 30.4 Å². The van der Waals surface area contributed by atoms with Gasteiger partial charge in [-0.3, -0.25) is 9.59 Å². The van der Waals surface area contributed by atoms with Gasteiger partial charge in [0.1, 0.15) is 0 Å². The Bertz CT molecular complexity index is 549. The predicted molar refractivity (Wildman–Crippen MR) is 100 cm³/mol. The van der Waals surface area contributed by atoms with E-state index in [1.807, 2.05) is 67.8 Å². The van der Waals surface area contributed by atoms with Crippen LogP contribution < -0.4 is 5.32 Å². The second-order valence-corrected chi connectivity index (χ2v) is 7.46. The molecule has 0 unspecified atom stereocenters. The molecule has 0 fully saturated rings. The average molecular weight is 635 g/mol. The van der Waals surface area contributed by atoms with Crippen LogP contribution in [0.4, 0.5) is 0 Å². The average Bonchev–Trinajstić information content (AvgIpc) is 2.34. The fraction of sp³-hybridized carbons (Fsp3) is 0.273. The normalized spacial score (nSPS) is 10.8. The molecule has 1 aromatic carbocycles. The third-order valence-electron chi connectivity index (χ3n) is 2.37. The molecule has 0 saturated heterocycles. The summed E-state index contributed by atoms with van der Waals surface area (Å²) in [6.07, 6.45) is 0. The molecule has 1 amide bonds. The summed E-state index contributed by atoms with van der Waals surface area (Å²) < 4.78 is 1.77. The highest BCUT2D eigenvalue weighted by molar-refractivity contribution is 14.1. The molecule has 20 heavy (non-hydrogen) atoms. The molecule has 0 atom stereocenters. The first kappa shape index (κ1) is 18.8. The fourth-order valence-corrected chi connectivity index (χ4v) is 6.25. The quantitative estimate of drug-likeness (QED) is 0.342. The lowest BCUT2D eigenvalue weighted by molar-refractivity contribution is 0.0877. The lowest BCUT2D eigenvalue weighted by atomic mass is 10.1. The van der Waals surface area contributed by atoms with Gasteiger partial charge in [0.25, 0.3) is 11.1 Å². The molecule has 0 aliphatic carbocycles. The molecule has 1 aromatic rings. The monoisotopic (exact) mass is 635 g/mol. The highest BCUT2D eigenvalue weighted by Crippen LogP contribution is 2.28. The molecule has 0 spiro atoms. The summed E-state index contributed by atoms with van der Waals surface area (Å²) in [5.74, 6) is -0.470. The van der Waals surface area contributed by atoms with Crippen LogP contribution in [0, 0.1) is 10.7 Å². The highest BCUT2D eigenvalue weighted by Gasteiger charge is 2.23. The summed E-state index contributed by atoms with van der Waals surface area (Å²) in [5.41, 5.74) is 0.588. The summed E-state index contributed by atoms with van der Waals surface area (Å²) in [7, 11) is 0. The smallest absolute Gasteiger partial charge is 0.254 e. The van der Waals surface area contributed by atoms with Crippen LogP contribution in [-0.4, -0.2) is 40.6 Å². The van der Waals surface area contributed by atoms with Crippen molar-refractivity contribution in [1.82, 2.24) is 5.32 Å². The predicted octanol–water partition coefficient (Wildman–Crippen LogP) is 1.96. The lowest BCUT2D eigenvalue weighted by Crippen LogP contribution is -2.40. The number of aliphatic hydroxyl groups excluding tert-OH is 2. The molecular weight excluding hydrogens is 626 g/mol. The first-order valence-corrected chi connectivity index (χ1v) is 8.84. The van der Waals surface area contributed by atoms with Crippen LogP contribution in [0.25, 0.3) is 0 Å². The van der Waals surface area contributed by atoms with E-state index >= 15 is 0 Å². The first-order valence-electron chi connectivity index (χ1n) is 5.23. The number of halogens is 4. The zero-order valence-corrected chi connectivity index (χ0v) is 17.0. The molecule has 5 nitrogen and oxygen atoms in total. The van der Waals surface area contributed by atoms with Crippen molar-refractivity contribution in [2.75, 3.05) is 13.2 Å². The molecule has 0 bridgehead atoms. The second kappa shape index (κ2) is 8.41. The largest absolute Gasteiger partial charge is 0.394 e. The van der Waals surface area contributed by atoms with Gasteiger partial charge in [0.15, 0.2) is 0 Å². The van der Waals surface area contributed by atoms with Gasteiger partial charge in [0.2, 0.25) is 0 Å². The Balaban J connectivity index is 3.28. The number of carbonyl (C=O) groups excluding carboxylic acids is 2. The Labute approximate surface area is 161 Å². The van der Waals surface area contributed by atoms with Crippen molar-refractivity contribution in [3.8, 4) is 0 Å². The van der Waals surface area contributed by atoms with Crippen LogP contribution >= 0.6 is 79.4 Å². The van der Waals surface area contributed by atoms with Crippen molar-refractivity contribution in [2.24, 2.45) is 0 Å². The number of benzene rings is 1. The minimum atomic E-state index is -0.747. The molecule has 0 aliphatic heterocycles. The van der Waals surface area contributed by atoms with Gasteiger partial charge in [-0.2, -0.15) is 0 Å². The van der Waals surface area contributed by atoms with Gasteiger partial charge in [-0.1, -0.05) is 0 Å². The van der Waals surface area contributed by atoms with E-state index in [4.69, 9.17) is 21.8 Å². The molecule has 9 heteroatoms. The zero-order valence-electron chi connectivity index (χ0n) is 9.79. The summed E-state index contributed by atoms with van der Waals surface area (Å²) in [4.78, 5) is 23.7. The minimum Gasteiger partial charge on any atom is -0.394 e. The van der Waals surface area contributed by atoms with E-state index < -0.39 is 17.2 Å². The van der Waals surface area contributed by atoms with Gasteiger partial charge in [-0.15, -0.1) is 0 Å². The topological polar surface area (TPSA) is 86.6 Å². The molecule has 0 heterocycles. The summed E-state index contributed by atoms with van der Waals surface area (Å²) in [6, 6.07) is 0.935. The maximum absolute atomic E-state index is 12.2. The number of aliphatic hydroxyl groups is 2. The molecular formula is C11H9ClI3NO4. The molecule has 3 N–H and O–H groups in total. The van der Waals surface area contributed by atoms with Crippen LogP contribution in [0.2, 0.25) is 0 Å². The number of amides is 1. The Kier molecular flexibility index (Phi) is 7.91. The van der Waals surface area contributed by atoms with Gasteiger partial charge in [0, 0.05) is 10.7 Å². The van der Waals surface area contributed by atoms with Crippen molar-refractivity contribution in [1.29, 1.82) is 0 Å². The van der Waals surface area contributed by atoms with E-state index in [0.29, 0.717) is 16.3 Å². The highest BCUT2D eigenvalue weighted by atomic mass is 127. The number of carbonyl (C=O) groups is 2. The fourth-order valence-electron chi connectivity index (χ4n) is 1.39. The van der Waals surface area contributed by atoms with Gasteiger partial charge in [-0.05, 0) is 85.4 Å². The summed E-state index contributed by atoms with van der Waals surface area (Å²) >= 11 is 11.4. The maximum atomic E-state index is 12.2. The van der Waals surface area contributed by atoms with Crippen molar-refractivity contribution in [2.45, 2.75) is 6.04 Å². The molecule has 110 valence electrons. The Morgan fingerprint density at radius 1 is 1.15 bits per heavy atom. The van der Waals surface area contributed by atoms with Crippen molar-refractivity contribution >= 4 is 90.5 Å². The van der Waals surface area contributed by atoms with Gasteiger partial charge in [-0.25, -0.2) is 0 Å². The van der Waals surface area contributed by atoms with E-state index in [1.165, 1.54) is 0 Å². The van der Waals surface area contributed by atoms with E-state index in [-0.39, 0.29) is 18.8 Å². The first-order chi connectivity index (χ1) is 9.33. The lowest BCUT2D eigenvalue weighted by Gasteiger charge is -2.16. The van der Waals surface area contributed by atoms with E-state index in [1.54, 1.807) is 6.07 Å². The van der Waals surface area contributed by atoms with Gasteiger partial charge >= 0.3 is 0 Å². The van der Waals surface area contributed by atoms with E-state index in [9.17, 15) is 9.59 Å². The molecule has 1 rings (SSSR count). The second-order valence-electron chi connectivity index (χ2n) is 3.71. The molecule has 0 aromatic heterocycles. The molecule has 0 radical (unpaired) electrons. The Morgan fingerprint density at radius 3 is 2.10 bits per heavy atom. The van der Waals surface area contributed by atoms with E-state index in [2.05, 4.69) is 5.32 Å². The van der Waals surface area contributed by atoms with Gasteiger partial charge < -0.3 is 15.5 Å². The summed E-state index contributed by atoms with van der Waals surface area (Å²) in [5, 5.41) is 19.8.